The predicted molar refractivity (Wildman–Crippen MR) is 131 cm³/mol. The lowest BCUT2D eigenvalue weighted by Crippen LogP contribution is -2.57. The fourth-order valence-electron chi connectivity index (χ4n) is 5.12. The minimum atomic E-state index is -0.980. The molecule has 0 bridgehead atoms. The van der Waals surface area contributed by atoms with Crippen molar-refractivity contribution in [3.63, 3.8) is 0 Å². The van der Waals surface area contributed by atoms with E-state index in [4.69, 9.17) is 23.6 Å². The second kappa shape index (κ2) is 11.3. The molecule has 2 aliphatic carbocycles. The van der Waals surface area contributed by atoms with E-state index in [1.54, 1.807) is 20.4 Å². The maximum atomic E-state index is 13.9. The summed E-state index contributed by atoms with van der Waals surface area (Å²) in [5.41, 5.74) is 0.721. The van der Waals surface area contributed by atoms with Crippen LogP contribution < -0.4 is 0 Å². The second-order valence-electron chi connectivity index (χ2n) is 9.43. The number of furan rings is 1. The summed E-state index contributed by atoms with van der Waals surface area (Å²) in [5.74, 6) is 3.78. The molecule has 0 aromatic carbocycles. The molecule has 3 atom stereocenters. The number of Topliss-reactive ketones (excluding diaryl/α,β-unsaturated/α-hetero) is 1. The lowest BCUT2D eigenvalue weighted by atomic mass is 9.68. The number of ether oxygens (including phenoxy) is 3. The lowest BCUT2D eigenvalue weighted by molar-refractivity contribution is -0.186. The van der Waals surface area contributed by atoms with Crippen LogP contribution in [-0.4, -0.2) is 55.5 Å². The van der Waals surface area contributed by atoms with Crippen molar-refractivity contribution >= 4 is 28.5 Å². The summed E-state index contributed by atoms with van der Waals surface area (Å²) in [6, 6.07) is 4.04. The molecule has 2 aromatic heterocycles. The Morgan fingerprint density at radius 3 is 2.79 bits per heavy atom. The Hall–Kier alpha value is -1.41. The Bertz CT molecular complexity index is 927. The van der Waals surface area contributed by atoms with Gasteiger partial charge in [-0.2, -0.15) is 11.8 Å². The highest BCUT2D eigenvalue weighted by atomic mass is 32.2. The normalized spacial score (nSPS) is 25.7. The number of fused-ring (bicyclic) bond motifs is 1. The third-order valence-electron chi connectivity index (χ3n) is 7.14. The van der Waals surface area contributed by atoms with E-state index in [0.717, 1.165) is 59.1 Å². The topological polar surface area (TPSA) is 70.8 Å². The van der Waals surface area contributed by atoms with Gasteiger partial charge in [-0.05, 0) is 48.8 Å². The first kappa shape index (κ1) is 24.7. The molecule has 0 amide bonds. The summed E-state index contributed by atoms with van der Waals surface area (Å²) in [6.07, 6.45) is 8.77. The van der Waals surface area contributed by atoms with Crippen LogP contribution in [0.3, 0.4) is 0 Å². The van der Waals surface area contributed by atoms with Crippen molar-refractivity contribution in [2.24, 2.45) is 17.8 Å². The average Bonchev–Trinajstić information content (AvgIpc) is 3.56. The summed E-state index contributed by atoms with van der Waals surface area (Å²) in [6.45, 7) is 2.64. The van der Waals surface area contributed by atoms with E-state index in [-0.39, 0.29) is 24.4 Å². The van der Waals surface area contributed by atoms with Gasteiger partial charge in [0.15, 0.2) is 5.78 Å². The molecule has 0 N–H and O–H groups in total. The zero-order valence-electron chi connectivity index (χ0n) is 20.1. The number of pyridine rings is 1. The van der Waals surface area contributed by atoms with Crippen LogP contribution in [0.2, 0.25) is 0 Å². The van der Waals surface area contributed by atoms with Crippen molar-refractivity contribution in [3.05, 3.63) is 29.8 Å². The molecule has 4 rings (SSSR count). The number of carbonyl (C=O) groups is 1. The molecule has 0 radical (unpaired) electrons. The minimum Gasteiger partial charge on any atom is -0.461 e. The van der Waals surface area contributed by atoms with Gasteiger partial charge in [0.05, 0.1) is 12.3 Å². The van der Waals surface area contributed by atoms with Gasteiger partial charge < -0.3 is 18.6 Å². The number of ketones is 1. The molecule has 0 aliphatic heterocycles. The van der Waals surface area contributed by atoms with Crippen molar-refractivity contribution in [1.29, 1.82) is 0 Å². The van der Waals surface area contributed by atoms with Gasteiger partial charge in [0, 0.05) is 50.5 Å². The van der Waals surface area contributed by atoms with Gasteiger partial charge in [-0.15, -0.1) is 0 Å². The maximum absolute atomic E-state index is 13.9. The van der Waals surface area contributed by atoms with Gasteiger partial charge in [0.2, 0.25) is 0 Å². The Balaban J connectivity index is 1.68. The quantitative estimate of drug-likeness (QED) is 0.375. The van der Waals surface area contributed by atoms with E-state index in [1.165, 1.54) is 19.3 Å². The first-order chi connectivity index (χ1) is 16.1. The average molecular weight is 476 g/mol. The van der Waals surface area contributed by atoms with E-state index in [2.05, 4.69) is 13.0 Å². The van der Waals surface area contributed by atoms with Gasteiger partial charge in [-0.1, -0.05) is 19.8 Å². The van der Waals surface area contributed by atoms with Crippen molar-refractivity contribution < 1.29 is 23.4 Å². The van der Waals surface area contributed by atoms with E-state index in [9.17, 15) is 4.79 Å². The summed E-state index contributed by atoms with van der Waals surface area (Å²) in [5, 5.41) is 0.993. The van der Waals surface area contributed by atoms with Crippen molar-refractivity contribution in [2.45, 2.75) is 57.5 Å². The number of methoxy groups -OCH3 is 2. The molecule has 2 saturated carbocycles. The molecule has 1 unspecified atom stereocenters. The van der Waals surface area contributed by atoms with E-state index in [0.29, 0.717) is 13.0 Å². The van der Waals surface area contributed by atoms with Crippen LogP contribution in [0, 0.1) is 17.8 Å². The number of thioether (sulfide) groups is 1. The third-order valence-corrected chi connectivity index (χ3v) is 8.19. The first-order valence-corrected chi connectivity index (χ1v) is 13.4. The number of carbonyl (C=O) groups excluding carboxylic acids is 1. The standard InChI is InChI=1S/C26H37NO5S/c1-4-33-16-20-9-8-19(15-29-2)25(28)26(20,31-17-30-3)14-23-22-13-21(10-7-18-5-6-18)32-24(22)11-12-27-23/h11-13,18-20H,4-10,14-17H2,1-3H3/t19?,20-,26+/m0/s1. The monoisotopic (exact) mass is 475 g/mol. The van der Waals surface area contributed by atoms with Crippen LogP contribution in [0.1, 0.15) is 50.5 Å². The highest BCUT2D eigenvalue weighted by Gasteiger charge is 2.52. The summed E-state index contributed by atoms with van der Waals surface area (Å²) >= 11 is 1.86. The van der Waals surface area contributed by atoms with Crippen LogP contribution in [0.15, 0.2) is 22.7 Å². The van der Waals surface area contributed by atoms with Crippen LogP contribution in [0.5, 0.6) is 0 Å². The second-order valence-corrected chi connectivity index (χ2v) is 10.8. The number of nitrogens with zero attached hydrogens (tertiary/aromatic N) is 1. The van der Waals surface area contributed by atoms with Gasteiger partial charge in [-0.3, -0.25) is 9.78 Å². The Kier molecular flexibility index (Phi) is 8.49. The van der Waals surface area contributed by atoms with Gasteiger partial charge in [0.1, 0.15) is 23.7 Å². The Labute approximate surface area is 201 Å². The zero-order chi connectivity index (χ0) is 23.3. The van der Waals surface area contributed by atoms with E-state index >= 15 is 0 Å². The third kappa shape index (κ3) is 5.64. The SMILES string of the molecule is CCSC[C@@H]1CCC(COC)C(=O)[C@]1(Cc1nccc2oc(CCC3CC3)cc12)OCOC. The summed E-state index contributed by atoms with van der Waals surface area (Å²) in [4.78, 5) is 18.6. The Morgan fingerprint density at radius 2 is 2.06 bits per heavy atom. The molecule has 2 fully saturated rings. The van der Waals surface area contributed by atoms with Gasteiger partial charge in [0.25, 0.3) is 0 Å². The first-order valence-electron chi connectivity index (χ1n) is 12.2. The number of aryl methyl sites for hydroxylation is 1. The van der Waals surface area contributed by atoms with Crippen LogP contribution in [-0.2, 0) is 31.8 Å². The highest BCUT2D eigenvalue weighted by molar-refractivity contribution is 7.99. The fourth-order valence-corrected chi connectivity index (χ4v) is 6.08. The smallest absolute Gasteiger partial charge is 0.170 e. The molecular weight excluding hydrogens is 438 g/mol. The van der Waals surface area contributed by atoms with Crippen molar-refractivity contribution in [1.82, 2.24) is 4.98 Å². The lowest BCUT2D eigenvalue weighted by Gasteiger charge is -2.45. The van der Waals surface area contributed by atoms with Crippen LogP contribution >= 0.6 is 11.8 Å². The summed E-state index contributed by atoms with van der Waals surface area (Å²) < 4.78 is 23.2. The van der Waals surface area contributed by atoms with Crippen LogP contribution in [0.25, 0.3) is 11.0 Å². The molecule has 0 spiro atoms. The van der Waals surface area contributed by atoms with Crippen molar-refractivity contribution in [3.8, 4) is 0 Å². The largest absolute Gasteiger partial charge is 0.461 e. The van der Waals surface area contributed by atoms with E-state index in [1.807, 2.05) is 17.8 Å². The molecular formula is C26H37NO5S. The molecule has 2 heterocycles. The fraction of sp³-hybridized carbons (Fsp3) is 0.692. The number of hydrogen-bond donors (Lipinski definition) is 0. The molecule has 7 heteroatoms. The number of rotatable bonds is 13. The molecule has 33 heavy (non-hydrogen) atoms. The van der Waals surface area contributed by atoms with E-state index < -0.39 is 5.60 Å². The molecule has 6 nitrogen and oxygen atoms in total. The Morgan fingerprint density at radius 1 is 1.21 bits per heavy atom. The van der Waals surface area contributed by atoms with Gasteiger partial charge in [-0.25, -0.2) is 0 Å². The number of aromatic nitrogens is 1. The highest BCUT2D eigenvalue weighted by Crippen LogP contribution is 2.42. The van der Waals surface area contributed by atoms with Crippen LogP contribution in [0.4, 0.5) is 0 Å². The molecule has 0 saturated heterocycles. The van der Waals surface area contributed by atoms with Gasteiger partial charge >= 0.3 is 0 Å². The minimum absolute atomic E-state index is 0.0761. The number of hydrogen-bond acceptors (Lipinski definition) is 7. The maximum Gasteiger partial charge on any atom is 0.170 e. The molecule has 182 valence electrons. The molecule has 2 aliphatic rings. The molecule has 2 aromatic rings. The predicted octanol–water partition coefficient (Wildman–Crippen LogP) is 5.07. The summed E-state index contributed by atoms with van der Waals surface area (Å²) in [7, 11) is 3.26. The van der Waals surface area contributed by atoms with Crippen molar-refractivity contribution in [2.75, 3.05) is 39.1 Å². The zero-order valence-corrected chi connectivity index (χ0v) is 21.0.